The van der Waals surface area contributed by atoms with Gasteiger partial charge in [-0.1, -0.05) is 13.8 Å². The number of piperazine rings is 1. The molecule has 0 saturated carbocycles. The molecule has 4 rings (SSSR count). The average molecular weight is 563 g/mol. The van der Waals surface area contributed by atoms with Crippen LogP contribution in [0.3, 0.4) is 0 Å². The molecule has 2 saturated heterocycles. The Kier molecular flexibility index (Phi) is 9.20. The minimum absolute atomic E-state index is 0.00540. The minimum atomic E-state index is -3.89. The molecule has 0 bridgehead atoms. The number of nitrogens with two attached hydrogens (primary N) is 1. The van der Waals surface area contributed by atoms with Gasteiger partial charge in [-0.3, -0.25) is 14.3 Å². The van der Waals surface area contributed by atoms with Gasteiger partial charge >= 0.3 is 0 Å². The van der Waals surface area contributed by atoms with Crippen LogP contribution >= 0.6 is 0 Å². The van der Waals surface area contributed by atoms with Crippen LogP contribution in [-0.2, 0) is 16.4 Å². The molecular weight excluding hydrogens is 524 g/mol. The lowest BCUT2D eigenvalue weighted by Gasteiger charge is -2.33. The van der Waals surface area contributed by atoms with E-state index in [1.807, 2.05) is 13.8 Å². The highest BCUT2D eigenvalue weighted by atomic mass is 32.2. The van der Waals surface area contributed by atoms with E-state index in [0.29, 0.717) is 38.3 Å². The topological polar surface area (TPSA) is 165 Å². The number of primary amides is 1. The SMILES string of the molecule is CCOc1ncc(S(=O)(=O)N2CCN(CC)CC2)cc1C(=O)Nc1c(C(N)=O)nn(C2CCNCC2)c1CC. The standard InChI is InChI=1S/C25H38N8O5S/c1-4-20-21(22(23(26)34)30-33(20)17-7-9-27-10-8-17)29-24(35)19-15-18(16-28-25(19)38-6-3)39(36,37)32-13-11-31(5-2)12-14-32/h15-17,27H,4-14H2,1-3H3,(H2,26,34)(H,29,35). The van der Waals surface area contributed by atoms with Crippen LogP contribution in [0.4, 0.5) is 5.69 Å². The second-order valence-electron chi connectivity index (χ2n) is 9.56. The third-order valence-electron chi connectivity index (χ3n) is 7.24. The molecule has 2 amide bonds. The van der Waals surface area contributed by atoms with Crippen molar-refractivity contribution in [3.63, 3.8) is 0 Å². The van der Waals surface area contributed by atoms with Gasteiger partial charge in [-0.05, 0) is 51.9 Å². The van der Waals surface area contributed by atoms with Gasteiger partial charge in [0, 0.05) is 26.2 Å². The molecule has 14 heteroatoms. The molecular formula is C25H38N8O5S. The van der Waals surface area contributed by atoms with E-state index < -0.39 is 21.8 Å². The predicted molar refractivity (Wildman–Crippen MR) is 145 cm³/mol. The van der Waals surface area contributed by atoms with Crippen LogP contribution in [0.25, 0.3) is 0 Å². The number of amides is 2. The molecule has 2 fully saturated rings. The van der Waals surface area contributed by atoms with Crippen molar-refractivity contribution in [3.05, 3.63) is 29.2 Å². The number of pyridine rings is 1. The summed E-state index contributed by atoms with van der Waals surface area (Å²) < 4.78 is 35.6. The number of aromatic nitrogens is 3. The van der Waals surface area contributed by atoms with Gasteiger partial charge in [0.15, 0.2) is 5.69 Å². The number of anilines is 1. The van der Waals surface area contributed by atoms with Crippen LogP contribution in [0, 0.1) is 0 Å². The van der Waals surface area contributed by atoms with Gasteiger partial charge in [-0.2, -0.15) is 9.40 Å². The zero-order valence-corrected chi connectivity index (χ0v) is 23.6. The zero-order chi connectivity index (χ0) is 28.2. The molecule has 2 aromatic rings. The normalized spacial score (nSPS) is 17.7. The summed E-state index contributed by atoms with van der Waals surface area (Å²) in [6, 6.07) is 1.34. The molecule has 2 aromatic heterocycles. The summed E-state index contributed by atoms with van der Waals surface area (Å²) in [5.41, 5.74) is 6.45. The molecule has 13 nitrogen and oxygen atoms in total. The first kappa shape index (κ1) is 28.9. The number of carbonyl (C=O) groups is 2. The maximum atomic E-state index is 13.6. The molecule has 2 aliphatic rings. The number of hydrogen-bond donors (Lipinski definition) is 3. The summed E-state index contributed by atoms with van der Waals surface area (Å²) in [6.07, 6.45) is 3.36. The number of hydrogen-bond acceptors (Lipinski definition) is 9. The van der Waals surface area contributed by atoms with Crippen molar-refractivity contribution in [2.75, 3.05) is 57.7 Å². The highest BCUT2D eigenvalue weighted by Crippen LogP contribution is 2.30. The highest BCUT2D eigenvalue weighted by molar-refractivity contribution is 7.89. The van der Waals surface area contributed by atoms with Crippen molar-refractivity contribution in [1.82, 2.24) is 29.3 Å². The molecule has 2 aliphatic heterocycles. The largest absolute Gasteiger partial charge is 0.477 e. The van der Waals surface area contributed by atoms with Crippen LogP contribution in [0.5, 0.6) is 5.88 Å². The molecule has 214 valence electrons. The number of ether oxygens (including phenoxy) is 1. The lowest BCUT2D eigenvalue weighted by molar-refractivity contribution is 0.0995. The van der Waals surface area contributed by atoms with Gasteiger partial charge in [0.1, 0.15) is 10.5 Å². The van der Waals surface area contributed by atoms with Gasteiger partial charge in [0.05, 0.1) is 30.2 Å². The molecule has 0 aromatic carbocycles. The van der Waals surface area contributed by atoms with Crippen LogP contribution in [0.2, 0.25) is 0 Å². The van der Waals surface area contributed by atoms with Crippen LogP contribution in [-0.4, -0.2) is 96.6 Å². The number of nitrogens with one attached hydrogen (secondary N) is 2. The summed E-state index contributed by atoms with van der Waals surface area (Å²) in [5, 5.41) is 10.6. The Hall–Kier alpha value is -3.07. The van der Waals surface area contributed by atoms with Crippen LogP contribution in [0.1, 0.15) is 66.2 Å². The molecule has 4 N–H and O–H groups in total. The molecule has 0 atom stereocenters. The Labute approximate surface area is 229 Å². The molecule has 0 radical (unpaired) electrons. The number of sulfonamides is 1. The minimum Gasteiger partial charge on any atom is -0.477 e. The van der Waals surface area contributed by atoms with Crippen molar-refractivity contribution >= 4 is 27.5 Å². The van der Waals surface area contributed by atoms with E-state index in [1.165, 1.54) is 16.6 Å². The summed E-state index contributed by atoms with van der Waals surface area (Å²) in [4.78, 5) is 32.2. The van der Waals surface area contributed by atoms with E-state index in [0.717, 1.165) is 32.5 Å². The smallest absolute Gasteiger partial charge is 0.271 e. The van der Waals surface area contributed by atoms with E-state index in [9.17, 15) is 18.0 Å². The third-order valence-corrected chi connectivity index (χ3v) is 9.10. The van der Waals surface area contributed by atoms with E-state index >= 15 is 0 Å². The Balaban J connectivity index is 1.68. The quantitative estimate of drug-likeness (QED) is 0.380. The maximum Gasteiger partial charge on any atom is 0.271 e. The Bertz CT molecular complexity index is 1300. The van der Waals surface area contributed by atoms with E-state index in [4.69, 9.17) is 10.5 Å². The van der Waals surface area contributed by atoms with Crippen molar-refractivity contribution in [3.8, 4) is 5.88 Å². The van der Waals surface area contributed by atoms with Crippen LogP contribution in [0.15, 0.2) is 17.2 Å². The van der Waals surface area contributed by atoms with E-state index in [1.54, 1.807) is 11.6 Å². The third kappa shape index (κ3) is 6.08. The fourth-order valence-corrected chi connectivity index (χ4v) is 6.46. The Morgan fingerprint density at radius 1 is 1.15 bits per heavy atom. The Morgan fingerprint density at radius 3 is 2.44 bits per heavy atom. The lowest BCUT2D eigenvalue weighted by Crippen LogP contribution is -2.48. The van der Waals surface area contributed by atoms with Gasteiger partial charge < -0.3 is 26.0 Å². The number of carbonyl (C=O) groups excluding carboxylic acids is 2. The monoisotopic (exact) mass is 562 g/mol. The fraction of sp³-hybridized carbons (Fsp3) is 0.600. The van der Waals surface area contributed by atoms with Crippen molar-refractivity contribution < 1.29 is 22.7 Å². The second-order valence-corrected chi connectivity index (χ2v) is 11.5. The van der Waals surface area contributed by atoms with Gasteiger partial charge in [0.25, 0.3) is 11.8 Å². The predicted octanol–water partition coefficient (Wildman–Crippen LogP) is 0.841. The van der Waals surface area contributed by atoms with Gasteiger partial charge in [-0.15, -0.1) is 0 Å². The number of likely N-dealkylation sites (N-methyl/N-ethyl adjacent to an activating group) is 1. The summed E-state index contributed by atoms with van der Waals surface area (Å²) >= 11 is 0. The van der Waals surface area contributed by atoms with Crippen molar-refractivity contribution in [2.24, 2.45) is 5.73 Å². The van der Waals surface area contributed by atoms with Gasteiger partial charge in [0.2, 0.25) is 15.9 Å². The first-order valence-corrected chi connectivity index (χ1v) is 14.9. The highest BCUT2D eigenvalue weighted by Gasteiger charge is 2.31. The van der Waals surface area contributed by atoms with Gasteiger partial charge in [-0.25, -0.2) is 13.4 Å². The van der Waals surface area contributed by atoms with E-state index in [2.05, 4.69) is 25.6 Å². The molecule has 0 spiro atoms. The van der Waals surface area contributed by atoms with Crippen molar-refractivity contribution in [2.45, 2.75) is 51.0 Å². The number of piperidine rings is 1. The molecule has 4 heterocycles. The summed E-state index contributed by atoms with van der Waals surface area (Å²) in [5.74, 6) is -1.44. The van der Waals surface area contributed by atoms with Crippen molar-refractivity contribution in [1.29, 1.82) is 0 Å². The fourth-order valence-electron chi connectivity index (χ4n) is 5.07. The number of rotatable bonds is 10. The van der Waals surface area contributed by atoms with Crippen LogP contribution < -0.4 is 21.1 Å². The molecule has 0 aliphatic carbocycles. The molecule has 0 unspecified atom stereocenters. The second kappa shape index (κ2) is 12.4. The molecule has 39 heavy (non-hydrogen) atoms. The maximum absolute atomic E-state index is 13.6. The first-order chi connectivity index (χ1) is 18.7. The Morgan fingerprint density at radius 2 is 1.85 bits per heavy atom. The van der Waals surface area contributed by atoms with E-state index in [-0.39, 0.29) is 40.4 Å². The zero-order valence-electron chi connectivity index (χ0n) is 22.8. The summed E-state index contributed by atoms with van der Waals surface area (Å²) in [7, 11) is -3.89. The summed E-state index contributed by atoms with van der Waals surface area (Å²) in [6.45, 7) is 10.4. The number of nitrogens with zero attached hydrogens (tertiary/aromatic N) is 5. The first-order valence-electron chi connectivity index (χ1n) is 13.5. The average Bonchev–Trinajstić information content (AvgIpc) is 3.32. The lowest BCUT2D eigenvalue weighted by atomic mass is 10.1.